The minimum Gasteiger partial charge on any atom is -0.492 e. The molecule has 0 heterocycles. The Hall–Kier alpha value is -2.49. The van der Waals surface area contributed by atoms with Crippen molar-refractivity contribution in [2.75, 3.05) is 13.2 Å². The summed E-state index contributed by atoms with van der Waals surface area (Å²) in [5.74, 6) is 0.729. The second-order valence-electron chi connectivity index (χ2n) is 4.08. The molecule has 0 unspecified atom stereocenters. The summed E-state index contributed by atoms with van der Waals surface area (Å²) < 4.78 is 10.5. The van der Waals surface area contributed by atoms with Crippen molar-refractivity contribution >= 4 is 6.09 Å². The number of carbonyl (C=O) groups excluding carboxylic acids is 1. The molecule has 0 saturated heterocycles. The van der Waals surface area contributed by atoms with Gasteiger partial charge in [-0.15, -0.1) is 0 Å². The Morgan fingerprint density at radius 2 is 2.00 bits per heavy atom. The number of ether oxygens (including phenoxy) is 2. The molecule has 4 heteroatoms. The molecular formula is C16H16NO3. The number of nitrogens with one attached hydrogen (secondary N) is 1. The molecule has 0 atom stereocenters. The second kappa shape index (κ2) is 7.84. The van der Waals surface area contributed by atoms with Gasteiger partial charge < -0.3 is 14.8 Å². The van der Waals surface area contributed by atoms with Crippen molar-refractivity contribution in [2.45, 2.75) is 6.61 Å². The summed E-state index contributed by atoms with van der Waals surface area (Å²) in [5.41, 5.74) is 0.957. The summed E-state index contributed by atoms with van der Waals surface area (Å²) in [4.78, 5) is 11.4. The molecule has 2 aromatic rings. The Kier molecular flexibility index (Phi) is 5.46. The van der Waals surface area contributed by atoms with Crippen LogP contribution in [0.2, 0.25) is 0 Å². The number of carbonyl (C=O) groups is 1. The first kappa shape index (κ1) is 13.9. The molecule has 0 aliphatic heterocycles. The van der Waals surface area contributed by atoms with Crippen LogP contribution in [-0.4, -0.2) is 19.2 Å². The fourth-order valence-electron chi connectivity index (χ4n) is 1.56. The van der Waals surface area contributed by atoms with Crippen LogP contribution < -0.4 is 10.1 Å². The highest BCUT2D eigenvalue weighted by molar-refractivity contribution is 5.67. The van der Waals surface area contributed by atoms with E-state index in [2.05, 4.69) is 11.4 Å². The number of hydrogen-bond acceptors (Lipinski definition) is 3. The van der Waals surface area contributed by atoms with Crippen molar-refractivity contribution < 1.29 is 14.3 Å². The average molecular weight is 270 g/mol. The Labute approximate surface area is 118 Å². The molecule has 0 saturated carbocycles. The second-order valence-corrected chi connectivity index (χ2v) is 4.08. The van der Waals surface area contributed by atoms with E-state index in [1.807, 2.05) is 42.5 Å². The number of amides is 1. The lowest BCUT2D eigenvalue weighted by Gasteiger charge is -2.08. The van der Waals surface area contributed by atoms with Gasteiger partial charge in [0.05, 0.1) is 6.54 Å². The van der Waals surface area contributed by atoms with Crippen LogP contribution in [0.3, 0.4) is 0 Å². The molecule has 1 amide bonds. The van der Waals surface area contributed by atoms with Gasteiger partial charge in [0.2, 0.25) is 0 Å². The lowest BCUT2D eigenvalue weighted by Crippen LogP contribution is -2.28. The number of benzene rings is 2. The van der Waals surface area contributed by atoms with Crippen LogP contribution in [0, 0.1) is 6.07 Å². The van der Waals surface area contributed by atoms with E-state index < -0.39 is 6.09 Å². The van der Waals surface area contributed by atoms with E-state index in [0.717, 1.165) is 11.3 Å². The lowest BCUT2D eigenvalue weighted by molar-refractivity contribution is 0.137. The third-order valence-corrected chi connectivity index (χ3v) is 2.53. The maximum Gasteiger partial charge on any atom is 0.407 e. The molecule has 1 radical (unpaired) electrons. The first-order chi connectivity index (χ1) is 9.84. The molecule has 2 rings (SSSR count). The van der Waals surface area contributed by atoms with Crippen molar-refractivity contribution in [1.29, 1.82) is 0 Å². The van der Waals surface area contributed by atoms with E-state index in [0.29, 0.717) is 13.2 Å². The van der Waals surface area contributed by atoms with Gasteiger partial charge in [0.1, 0.15) is 19.0 Å². The third kappa shape index (κ3) is 5.02. The predicted octanol–water partition coefficient (Wildman–Crippen LogP) is 2.79. The summed E-state index contributed by atoms with van der Waals surface area (Å²) >= 11 is 0. The molecule has 0 bridgehead atoms. The normalized spacial score (nSPS) is 9.80. The minimum absolute atomic E-state index is 0.265. The largest absolute Gasteiger partial charge is 0.492 e. The van der Waals surface area contributed by atoms with Gasteiger partial charge in [-0.25, -0.2) is 4.79 Å². The van der Waals surface area contributed by atoms with Gasteiger partial charge in [-0.1, -0.05) is 42.5 Å². The SMILES string of the molecule is O=C(NCCOc1c[c]ccc1)OCc1ccccc1. The van der Waals surface area contributed by atoms with Gasteiger partial charge in [-0.05, 0) is 23.8 Å². The molecule has 0 aromatic heterocycles. The first-order valence-electron chi connectivity index (χ1n) is 6.38. The van der Waals surface area contributed by atoms with E-state index in [-0.39, 0.29) is 6.61 Å². The minimum atomic E-state index is -0.447. The van der Waals surface area contributed by atoms with Gasteiger partial charge >= 0.3 is 6.09 Å². The maximum atomic E-state index is 11.4. The molecule has 2 aromatic carbocycles. The van der Waals surface area contributed by atoms with Gasteiger partial charge in [0, 0.05) is 0 Å². The van der Waals surface area contributed by atoms with Crippen LogP contribution in [0.15, 0.2) is 54.6 Å². The number of rotatable bonds is 6. The predicted molar refractivity (Wildman–Crippen MR) is 75.4 cm³/mol. The highest BCUT2D eigenvalue weighted by Crippen LogP contribution is 2.06. The summed E-state index contributed by atoms with van der Waals surface area (Å²) in [7, 11) is 0. The van der Waals surface area contributed by atoms with Crippen LogP contribution in [0.5, 0.6) is 5.75 Å². The highest BCUT2D eigenvalue weighted by Gasteiger charge is 2.01. The maximum absolute atomic E-state index is 11.4. The van der Waals surface area contributed by atoms with Gasteiger partial charge in [0.25, 0.3) is 0 Å². The standard InChI is InChI=1S/C16H16NO3/c18-16(20-13-14-7-3-1-4-8-14)17-11-12-19-15-9-5-2-6-10-15/h1-5,7-10H,11-13H2,(H,17,18). The molecule has 20 heavy (non-hydrogen) atoms. The summed E-state index contributed by atoms with van der Waals surface area (Å²) in [6, 6.07) is 19.7. The summed E-state index contributed by atoms with van der Waals surface area (Å²) in [5, 5.41) is 2.63. The summed E-state index contributed by atoms with van der Waals surface area (Å²) in [6.07, 6.45) is -0.447. The Balaban J connectivity index is 1.59. The van der Waals surface area contributed by atoms with Crippen LogP contribution in [0.4, 0.5) is 4.79 Å². The quantitative estimate of drug-likeness (QED) is 0.821. The van der Waals surface area contributed by atoms with Crippen molar-refractivity contribution in [1.82, 2.24) is 5.32 Å². The highest BCUT2D eigenvalue weighted by atomic mass is 16.5. The molecule has 0 spiro atoms. The van der Waals surface area contributed by atoms with Crippen molar-refractivity contribution in [3.05, 3.63) is 66.2 Å². The molecule has 0 fully saturated rings. The van der Waals surface area contributed by atoms with Gasteiger partial charge in [-0.2, -0.15) is 0 Å². The fourth-order valence-corrected chi connectivity index (χ4v) is 1.56. The van der Waals surface area contributed by atoms with Gasteiger partial charge in [-0.3, -0.25) is 0 Å². The molecule has 103 valence electrons. The lowest BCUT2D eigenvalue weighted by atomic mass is 10.2. The van der Waals surface area contributed by atoms with Gasteiger partial charge in [0.15, 0.2) is 0 Å². The van der Waals surface area contributed by atoms with E-state index in [1.54, 1.807) is 12.1 Å². The first-order valence-corrected chi connectivity index (χ1v) is 6.38. The molecule has 4 nitrogen and oxygen atoms in total. The van der Waals surface area contributed by atoms with Crippen molar-refractivity contribution in [3.63, 3.8) is 0 Å². The zero-order valence-corrected chi connectivity index (χ0v) is 11.0. The molecule has 0 aliphatic rings. The van der Waals surface area contributed by atoms with Crippen LogP contribution in [-0.2, 0) is 11.3 Å². The third-order valence-electron chi connectivity index (χ3n) is 2.53. The van der Waals surface area contributed by atoms with E-state index in [9.17, 15) is 4.79 Å². The van der Waals surface area contributed by atoms with Crippen LogP contribution in [0.25, 0.3) is 0 Å². The average Bonchev–Trinajstić information content (AvgIpc) is 2.52. The van der Waals surface area contributed by atoms with Crippen LogP contribution >= 0.6 is 0 Å². The molecule has 0 aliphatic carbocycles. The number of alkyl carbamates (subject to hydrolysis) is 1. The Bertz CT molecular complexity index is 514. The summed E-state index contributed by atoms with van der Waals surface area (Å²) in [6.45, 7) is 1.04. The molecular weight excluding hydrogens is 254 g/mol. The Morgan fingerprint density at radius 1 is 1.15 bits per heavy atom. The van der Waals surface area contributed by atoms with Crippen molar-refractivity contribution in [3.8, 4) is 5.75 Å². The fraction of sp³-hybridized carbons (Fsp3) is 0.188. The van der Waals surface area contributed by atoms with Crippen LogP contribution in [0.1, 0.15) is 5.56 Å². The smallest absolute Gasteiger partial charge is 0.407 e. The monoisotopic (exact) mass is 270 g/mol. The van der Waals surface area contributed by atoms with Crippen molar-refractivity contribution in [2.24, 2.45) is 0 Å². The van der Waals surface area contributed by atoms with E-state index >= 15 is 0 Å². The zero-order valence-electron chi connectivity index (χ0n) is 11.0. The topological polar surface area (TPSA) is 47.6 Å². The number of hydrogen-bond donors (Lipinski definition) is 1. The Morgan fingerprint density at radius 3 is 2.75 bits per heavy atom. The van der Waals surface area contributed by atoms with E-state index in [4.69, 9.17) is 9.47 Å². The van der Waals surface area contributed by atoms with E-state index in [1.165, 1.54) is 0 Å². The molecule has 1 N–H and O–H groups in total. The zero-order chi connectivity index (χ0) is 14.0.